The van der Waals surface area contributed by atoms with E-state index in [1.807, 2.05) is 0 Å². The second-order valence-corrected chi connectivity index (χ2v) is 4.99. The third kappa shape index (κ3) is 3.75. The predicted octanol–water partition coefficient (Wildman–Crippen LogP) is 3.39. The maximum Gasteiger partial charge on any atom is 0.253 e. The summed E-state index contributed by atoms with van der Waals surface area (Å²) >= 11 is 0. The van der Waals surface area contributed by atoms with E-state index in [0.29, 0.717) is 5.78 Å². The Morgan fingerprint density at radius 2 is 1.89 bits per heavy atom. The molecular weight excluding hydrogens is 236 g/mol. The third-order valence-electron chi connectivity index (χ3n) is 3.47. The van der Waals surface area contributed by atoms with Gasteiger partial charge in [-0.25, -0.2) is 4.98 Å². The fourth-order valence-electron chi connectivity index (χ4n) is 2.33. The summed E-state index contributed by atoms with van der Waals surface area (Å²) in [4.78, 5) is 8.73. The van der Waals surface area contributed by atoms with Crippen LogP contribution in [0.5, 0.6) is 0 Å². The molecule has 2 aromatic rings. The molecule has 0 saturated heterocycles. The van der Waals surface area contributed by atoms with Crippen LogP contribution in [0.1, 0.15) is 63.6 Å². The van der Waals surface area contributed by atoms with Gasteiger partial charge in [-0.15, -0.1) is 0 Å². The van der Waals surface area contributed by atoms with Crippen molar-refractivity contribution in [1.82, 2.24) is 19.6 Å². The van der Waals surface area contributed by atoms with Crippen molar-refractivity contribution in [2.45, 2.75) is 65.2 Å². The number of aromatic nitrogens is 4. The summed E-state index contributed by atoms with van der Waals surface area (Å²) in [5.74, 6) is 0.665. The highest BCUT2D eigenvalue weighted by Gasteiger charge is 2.07. The summed E-state index contributed by atoms with van der Waals surface area (Å²) < 4.78 is 1.64. The lowest BCUT2D eigenvalue weighted by molar-refractivity contribution is 0.603. The monoisotopic (exact) mass is 259 g/mol. The highest BCUT2D eigenvalue weighted by molar-refractivity contribution is 5.30. The van der Waals surface area contributed by atoms with Crippen LogP contribution in [0.4, 0.5) is 0 Å². The molecule has 0 aromatic carbocycles. The Hall–Kier alpha value is -1.45. The van der Waals surface area contributed by atoms with E-state index in [1.165, 1.54) is 50.4 Å². The molecule has 0 bridgehead atoms. The molecule has 0 fully saturated rings. The molecule has 0 N–H and O–H groups in total. The lowest BCUT2D eigenvalue weighted by atomic mass is 10.0. The summed E-state index contributed by atoms with van der Waals surface area (Å²) in [6.45, 7) is 4.39. The second-order valence-electron chi connectivity index (χ2n) is 4.99. The zero-order valence-electron chi connectivity index (χ0n) is 12.0. The zero-order chi connectivity index (χ0) is 13.5. The smallest absolute Gasteiger partial charge is 0.216 e. The van der Waals surface area contributed by atoms with Gasteiger partial charge in [-0.05, 0) is 19.3 Å². The first-order valence-electron chi connectivity index (χ1n) is 7.46. The molecule has 0 unspecified atom stereocenters. The maximum atomic E-state index is 4.60. The molecule has 103 valence electrons. The number of hydrogen-bond acceptors (Lipinski definition) is 3. The van der Waals surface area contributed by atoms with Crippen molar-refractivity contribution in [3.05, 3.63) is 23.8 Å². The van der Waals surface area contributed by atoms with E-state index in [0.717, 1.165) is 18.5 Å². The molecule has 2 aromatic heterocycles. The second kappa shape index (κ2) is 7.22. The Kier molecular flexibility index (Phi) is 5.31. The fraction of sp³-hybridized carbons (Fsp3) is 0.667. The van der Waals surface area contributed by atoms with Gasteiger partial charge in [0.05, 0.1) is 6.20 Å². The normalized spacial score (nSPS) is 11.3. The van der Waals surface area contributed by atoms with Gasteiger partial charge in [0.15, 0.2) is 0 Å². The molecule has 0 aliphatic rings. The highest BCUT2D eigenvalue weighted by Crippen LogP contribution is 2.13. The lowest BCUT2D eigenvalue weighted by Crippen LogP contribution is -2.03. The van der Waals surface area contributed by atoms with Gasteiger partial charge in [0.1, 0.15) is 6.33 Å². The summed E-state index contributed by atoms with van der Waals surface area (Å²) in [5.41, 5.74) is 2.32. The Bertz CT molecular complexity index is 504. The van der Waals surface area contributed by atoms with E-state index in [1.54, 1.807) is 4.52 Å². The Balaban J connectivity index is 1.91. The summed E-state index contributed by atoms with van der Waals surface area (Å²) in [6.07, 6.45) is 14.7. The average molecular weight is 259 g/mol. The first-order chi connectivity index (χ1) is 9.35. The minimum atomic E-state index is 0.665. The lowest BCUT2D eigenvalue weighted by Gasteiger charge is -2.06. The van der Waals surface area contributed by atoms with Gasteiger partial charge in [0.2, 0.25) is 0 Å². The van der Waals surface area contributed by atoms with Crippen LogP contribution in [0.3, 0.4) is 0 Å². The van der Waals surface area contributed by atoms with Crippen molar-refractivity contribution < 1.29 is 0 Å². The summed E-state index contributed by atoms with van der Waals surface area (Å²) in [5, 5.41) is 4.09. The molecule has 4 heteroatoms. The van der Waals surface area contributed by atoms with E-state index in [4.69, 9.17) is 0 Å². The van der Waals surface area contributed by atoms with Crippen LogP contribution in [0.15, 0.2) is 6.33 Å². The third-order valence-corrected chi connectivity index (χ3v) is 3.47. The van der Waals surface area contributed by atoms with Crippen molar-refractivity contribution in [1.29, 1.82) is 0 Å². The van der Waals surface area contributed by atoms with Crippen molar-refractivity contribution in [3.63, 3.8) is 0 Å². The Labute approximate surface area is 115 Å². The van der Waals surface area contributed by atoms with Crippen molar-refractivity contribution in [3.8, 4) is 0 Å². The number of fused-ring (bicyclic) bond motifs is 1. The standard InChI is InChI=1S/C15H23N4/c1-3-5-6-7-8-9-10-14-13(4-2)11-19-15(18-14)16-12-17-19/h12H,3-10H2,1-2H3. The minimum Gasteiger partial charge on any atom is -0.216 e. The van der Waals surface area contributed by atoms with Gasteiger partial charge in [0.25, 0.3) is 5.78 Å². The first-order valence-corrected chi connectivity index (χ1v) is 7.46. The molecule has 0 amide bonds. The zero-order valence-corrected chi connectivity index (χ0v) is 12.0. The SMILES string of the molecule is CCCCCCCCc1nc2ncnn2[c]c1CC. The largest absolute Gasteiger partial charge is 0.253 e. The van der Waals surface area contributed by atoms with Gasteiger partial charge in [-0.2, -0.15) is 14.6 Å². The minimum absolute atomic E-state index is 0.665. The van der Waals surface area contributed by atoms with Crippen LogP contribution < -0.4 is 0 Å². The Morgan fingerprint density at radius 3 is 2.68 bits per heavy atom. The molecule has 19 heavy (non-hydrogen) atoms. The summed E-state index contributed by atoms with van der Waals surface area (Å²) in [6, 6.07) is 0. The van der Waals surface area contributed by atoms with Gasteiger partial charge in [0, 0.05) is 11.3 Å². The van der Waals surface area contributed by atoms with Crippen LogP contribution in [-0.2, 0) is 12.8 Å². The van der Waals surface area contributed by atoms with Gasteiger partial charge in [-0.3, -0.25) is 0 Å². The number of aryl methyl sites for hydroxylation is 2. The van der Waals surface area contributed by atoms with Gasteiger partial charge < -0.3 is 0 Å². The quantitative estimate of drug-likeness (QED) is 0.682. The fourth-order valence-corrected chi connectivity index (χ4v) is 2.33. The number of rotatable bonds is 8. The number of hydrogen-bond donors (Lipinski definition) is 0. The van der Waals surface area contributed by atoms with Crippen LogP contribution in [0.25, 0.3) is 5.78 Å². The number of unbranched alkanes of at least 4 members (excludes halogenated alkanes) is 5. The van der Waals surface area contributed by atoms with Gasteiger partial charge >= 0.3 is 0 Å². The van der Waals surface area contributed by atoms with E-state index in [2.05, 4.69) is 35.1 Å². The highest BCUT2D eigenvalue weighted by atomic mass is 15.3. The van der Waals surface area contributed by atoms with Crippen molar-refractivity contribution in [2.75, 3.05) is 0 Å². The summed E-state index contributed by atoms with van der Waals surface area (Å²) in [7, 11) is 0. The molecule has 0 saturated carbocycles. The molecular formula is C15H23N4. The molecule has 2 rings (SSSR count). The maximum absolute atomic E-state index is 4.60. The van der Waals surface area contributed by atoms with Crippen LogP contribution >= 0.6 is 0 Å². The molecule has 0 atom stereocenters. The van der Waals surface area contributed by atoms with Crippen LogP contribution in [0, 0.1) is 6.20 Å². The number of nitrogens with zero attached hydrogens (tertiary/aromatic N) is 4. The molecule has 0 spiro atoms. The van der Waals surface area contributed by atoms with Crippen LogP contribution in [0.2, 0.25) is 0 Å². The molecule has 2 heterocycles. The molecule has 4 nitrogen and oxygen atoms in total. The molecule has 1 radical (unpaired) electrons. The van der Waals surface area contributed by atoms with E-state index in [-0.39, 0.29) is 0 Å². The van der Waals surface area contributed by atoms with Crippen molar-refractivity contribution in [2.24, 2.45) is 0 Å². The van der Waals surface area contributed by atoms with E-state index < -0.39 is 0 Å². The average Bonchev–Trinajstić information content (AvgIpc) is 2.88. The topological polar surface area (TPSA) is 43.1 Å². The first kappa shape index (κ1) is 14.0. The molecule has 0 aliphatic heterocycles. The van der Waals surface area contributed by atoms with Crippen LogP contribution in [-0.4, -0.2) is 19.6 Å². The van der Waals surface area contributed by atoms with Gasteiger partial charge in [-0.1, -0.05) is 46.0 Å². The molecule has 0 aliphatic carbocycles. The Morgan fingerprint density at radius 1 is 1.11 bits per heavy atom. The van der Waals surface area contributed by atoms with E-state index >= 15 is 0 Å². The van der Waals surface area contributed by atoms with E-state index in [9.17, 15) is 0 Å². The predicted molar refractivity (Wildman–Crippen MR) is 76.1 cm³/mol. The van der Waals surface area contributed by atoms with Crippen molar-refractivity contribution >= 4 is 5.78 Å².